The third kappa shape index (κ3) is 39.5. The summed E-state index contributed by atoms with van der Waals surface area (Å²) < 4.78 is 8.88. The van der Waals surface area contributed by atoms with Crippen LogP contribution in [-0.4, -0.2) is 62.5 Å². The second-order valence-electron chi connectivity index (χ2n) is 14.0. The van der Waals surface area contributed by atoms with Crippen LogP contribution in [0.5, 0.6) is 0 Å². The average molecular weight is 716 g/mol. The van der Waals surface area contributed by atoms with Crippen LogP contribution < -0.4 is 0 Å². The smallest absolute Gasteiger partial charge is 0.383 e. The standard InChI is InChI=1S/C40H75NO3.H3O4P/c1-5-7-9-11-13-15-17-19-21-23-25-27-29-31-33-35-37(42)39(41(3)4)40(44)38(43)36-34-32-30-28-26-24-22-20-18-16-14-12-10-8-6-2;1-5(2,3)4/h19-22,39-40,44H,5-18,23-36H2,1-4H3;(H3,1,2,3,4)/b21-19-,22-20-;. The van der Waals surface area contributed by atoms with Crippen molar-refractivity contribution in [3.05, 3.63) is 24.3 Å². The summed E-state index contributed by atoms with van der Waals surface area (Å²) in [5.74, 6) is -0.183. The Labute approximate surface area is 301 Å². The summed E-state index contributed by atoms with van der Waals surface area (Å²) in [6.07, 6.45) is 40.7. The normalized spacial score (nSPS) is 13.2. The lowest BCUT2D eigenvalue weighted by atomic mass is 9.94. The minimum absolute atomic E-state index is 0.00183. The summed E-state index contributed by atoms with van der Waals surface area (Å²) in [6, 6.07) is -0.720. The first kappa shape index (κ1) is 50.0. The van der Waals surface area contributed by atoms with Crippen LogP contribution in [0.25, 0.3) is 0 Å². The van der Waals surface area contributed by atoms with E-state index in [1.807, 2.05) is 0 Å². The maximum atomic E-state index is 12.9. The molecule has 0 saturated heterocycles. The van der Waals surface area contributed by atoms with Gasteiger partial charge in [-0.25, -0.2) is 4.57 Å². The van der Waals surface area contributed by atoms with Crippen LogP contribution in [0.1, 0.15) is 194 Å². The molecular weight excluding hydrogens is 637 g/mol. The third-order valence-electron chi connectivity index (χ3n) is 8.89. The SMILES string of the molecule is CCCCCCCC/C=C\CCCCCCCC(=O)C(O)C(C(=O)CCCCCCC/C=C\CCCCCCCC)N(C)C.O=P(O)(O)O. The van der Waals surface area contributed by atoms with E-state index in [0.29, 0.717) is 12.8 Å². The van der Waals surface area contributed by atoms with Gasteiger partial charge in [0.15, 0.2) is 11.6 Å². The highest BCUT2D eigenvalue weighted by Gasteiger charge is 2.32. The Morgan fingerprint density at radius 1 is 0.510 bits per heavy atom. The Hall–Kier alpha value is -1.15. The van der Waals surface area contributed by atoms with Crippen molar-refractivity contribution in [1.29, 1.82) is 0 Å². The second kappa shape index (κ2) is 36.6. The van der Waals surface area contributed by atoms with Crippen LogP contribution in [0, 0.1) is 0 Å². The van der Waals surface area contributed by atoms with E-state index < -0.39 is 20.0 Å². The van der Waals surface area contributed by atoms with Gasteiger partial charge >= 0.3 is 7.82 Å². The summed E-state index contributed by atoms with van der Waals surface area (Å²) in [4.78, 5) is 48.9. The van der Waals surface area contributed by atoms with E-state index in [0.717, 1.165) is 51.4 Å². The number of nitrogens with zero attached hydrogens (tertiary/aromatic N) is 1. The topological polar surface area (TPSA) is 135 Å². The summed E-state index contributed by atoms with van der Waals surface area (Å²) in [7, 11) is -1.05. The van der Waals surface area contributed by atoms with Gasteiger partial charge in [0.25, 0.3) is 0 Å². The van der Waals surface area contributed by atoms with Crippen LogP contribution in [0.3, 0.4) is 0 Å². The number of allylic oxidation sites excluding steroid dienone is 4. The monoisotopic (exact) mass is 716 g/mol. The fraction of sp³-hybridized carbons (Fsp3) is 0.850. The van der Waals surface area contributed by atoms with Gasteiger partial charge in [0, 0.05) is 12.8 Å². The second-order valence-corrected chi connectivity index (χ2v) is 15.0. The summed E-state index contributed by atoms with van der Waals surface area (Å²) in [6.45, 7) is 4.53. The molecule has 0 spiro atoms. The van der Waals surface area contributed by atoms with Crippen molar-refractivity contribution >= 4 is 19.4 Å². The van der Waals surface area contributed by atoms with Gasteiger partial charge in [-0.15, -0.1) is 0 Å². The first-order chi connectivity index (χ1) is 23.5. The molecule has 49 heavy (non-hydrogen) atoms. The predicted octanol–water partition coefficient (Wildman–Crippen LogP) is 10.6. The van der Waals surface area contributed by atoms with Gasteiger partial charge < -0.3 is 19.8 Å². The van der Waals surface area contributed by atoms with E-state index in [4.69, 9.17) is 19.2 Å². The maximum Gasteiger partial charge on any atom is 0.466 e. The largest absolute Gasteiger partial charge is 0.466 e. The molecule has 8 nitrogen and oxygen atoms in total. The molecule has 0 fully saturated rings. The maximum absolute atomic E-state index is 12.9. The Balaban J connectivity index is 0. The average Bonchev–Trinajstić information content (AvgIpc) is 3.03. The van der Waals surface area contributed by atoms with Gasteiger partial charge in [0.2, 0.25) is 0 Å². The molecule has 0 bridgehead atoms. The zero-order valence-electron chi connectivity index (χ0n) is 32.2. The van der Waals surface area contributed by atoms with Crippen LogP contribution in [0.4, 0.5) is 0 Å². The molecule has 0 aromatic carbocycles. The molecule has 0 saturated carbocycles. The van der Waals surface area contributed by atoms with Crippen molar-refractivity contribution in [1.82, 2.24) is 4.90 Å². The number of likely N-dealkylation sites (N-methyl/N-ethyl adjacent to an activating group) is 1. The Kier molecular flexibility index (Phi) is 37.4. The predicted molar refractivity (Wildman–Crippen MR) is 207 cm³/mol. The number of aliphatic hydroxyl groups excluding tert-OH is 1. The highest BCUT2D eigenvalue weighted by molar-refractivity contribution is 7.45. The van der Waals surface area contributed by atoms with Crippen LogP contribution in [0.15, 0.2) is 24.3 Å². The van der Waals surface area contributed by atoms with Gasteiger partial charge in [-0.05, 0) is 78.3 Å². The number of carbonyl (C=O) groups is 2. The van der Waals surface area contributed by atoms with Gasteiger partial charge in [-0.1, -0.05) is 141 Å². The zero-order valence-corrected chi connectivity index (χ0v) is 33.1. The minimum Gasteiger partial charge on any atom is -0.383 e. The molecule has 4 N–H and O–H groups in total. The number of Topliss-reactive ketones (excluding diaryl/α,β-unsaturated/α-hetero) is 2. The minimum atomic E-state index is -4.64. The van der Waals surface area contributed by atoms with E-state index in [9.17, 15) is 14.7 Å². The van der Waals surface area contributed by atoms with Crippen molar-refractivity contribution in [2.45, 2.75) is 206 Å². The Bertz CT molecular complexity index is 847. The highest BCUT2D eigenvalue weighted by Crippen LogP contribution is 2.25. The number of hydrogen-bond acceptors (Lipinski definition) is 5. The third-order valence-corrected chi connectivity index (χ3v) is 8.89. The first-order valence-corrected chi connectivity index (χ1v) is 21.5. The van der Waals surface area contributed by atoms with E-state index >= 15 is 0 Å². The summed E-state index contributed by atoms with van der Waals surface area (Å²) in [5, 5.41) is 10.7. The van der Waals surface area contributed by atoms with E-state index in [2.05, 4.69) is 38.2 Å². The number of phosphoric acid groups is 1. The first-order valence-electron chi connectivity index (χ1n) is 19.9. The molecule has 0 heterocycles. The lowest BCUT2D eigenvalue weighted by molar-refractivity contribution is -0.138. The molecule has 290 valence electrons. The zero-order chi connectivity index (χ0) is 37.0. The van der Waals surface area contributed by atoms with Gasteiger partial charge in [0.1, 0.15) is 12.1 Å². The van der Waals surface area contributed by atoms with Gasteiger partial charge in [-0.3, -0.25) is 14.5 Å². The lowest BCUT2D eigenvalue weighted by Gasteiger charge is -2.27. The molecule has 0 aromatic rings. The number of hydrogen-bond donors (Lipinski definition) is 4. The molecule has 0 aliphatic carbocycles. The highest BCUT2D eigenvalue weighted by atomic mass is 31.2. The number of ketones is 2. The van der Waals surface area contributed by atoms with Crippen LogP contribution in [-0.2, 0) is 14.2 Å². The molecule has 0 amide bonds. The lowest BCUT2D eigenvalue weighted by Crippen LogP contribution is -2.48. The van der Waals surface area contributed by atoms with Crippen molar-refractivity contribution in [3.8, 4) is 0 Å². The molecule has 0 radical (unpaired) electrons. The Morgan fingerprint density at radius 3 is 1.08 bits per heavy atom. The quantitative estimate of drug-likeness (QED) is 0.0294. The van der Waals surface area contributed by atoms with Crippen LogP contribution in [0.2, 0.25) is 0 Å². The molecule has 2 atom stereocenters. The molecule has 2 unspecified atom stereocenters. The fourth-order valence-electron chi connectivity index (χ4n) is 5.96. The molecule has 0 rings (SSSR count). The summed E-state index contributed by atoms with van der Waals surface area (Å²) in [5.41, 5.74) is 0. The molecular formula is C40H78NO7P. The molecule has 0 aliphatic rings. The Morgan fingerprint density at radius 2 is 0.776 bits per heavy atom. The van der Waals surface area contributed by atoms with Crippen LogP contribution >= 0.6 is 7.82 Å². The fourth-order valence-corrected chi connectivity index (χ4v) is 5.96. The number of unbranched alkanes of at least 4 members (excludes halogenated alkanes) is 22. The number of rotatable bonds is 34. The number of carbonyl (C=O) groups excluding carboxylic acids is 2. The van der Waals surface area contributed by atoms with Crippen molar-refractivity contribution < 1.29 is 33.9 Å². The van der Waals surface area contributed by atoms with Crippen molar-refractivity contribution in [3.63, 3.8) is 0 Å². The molecule has 0 aromatic heterocycles. The molecule has 9 heteroatoms. The van der Waals surface area contributed by atoms with Gasteiger partial charge in [-0.2, -0.15) is 0 Å². The number of aliphatic hydroxyl groups is 1. The summed E-state index contributed by atoms with van der Waals surface area (Å²) >= 11 is 0. The van der Waals surface area contributed by atoms with E-state index in [-0.39, 0.29) is 11.6 Å². The van der Waals surface area contributed by atoms with Gasteiger partial charge in [0.05, 0.1) is 0 Å². The van der Waals surface area contributed by atoms with Crippen molar-refractivity contribution in [2.24, 2.45) is 0 Å². The molecule has 0 aliphatic heterocycles. The van der Waals surface area contributed by atoms with E-state index in [1.165, 1.54) is 116 Å². The van der Waals surface area contributed by atoms with E-state index in [1.54, 1.807) is 19.0 Å². The van der Waals surface area contributed by atoms with Crippen molar-refractivity contribution in [2.75, 3.05) is 14.1 Å².